The molecule has 2 heterocycles. The smallest absolute Gasteiger partial charge is 0.253 e. The molecule has 3 N–H and O–H groups in total. The lowest BCUT2D eigenvalue weighted by molar-refractivity contribution is 0.0935. The van der Waals surface area contributed by atoms with Crippen LogP contribution < -0.4 is 11.1 Å². The molecule has 1 unspecified atom stereocenters. The molecule has 1 amide bonds. The second-order valence-electron chi connectivity index (χ2n) is 4.12. The molecule has 1 atom stereocenters. The van der Waals surface area contributed by atoms with Gasteiger partial charge < -0.3 is 15.5 Å². The summed E-state index contributed by atoms with van der Waals surface area (Å²) in [5, 5.41) is 2.83. The summed E-state index contributed by atoms with van der Waals surface area (Å²) in [6, 6.07) is 6.75. The average Bonchev–Trinajstić information content (AvgIpc) is 2.76. The molecule has 0 radical (unpaired) electrons. The van der Waals surface area contributed by atoms with E-state index in [-0.39, 0.29) is 11.9 Å². The number of rotatable bonds is 3. The SMILES string of the molecule is Cc1ccc(C(C)NC(=O)c2ccc(N)nc2)o1. The van der Waals surface area contributed by atoms with Crippen LogP contribution in [-0.4, -0.2) is 10.9 Å². The topological polar surface area (TPSA) is 81.2 Å². The van der Waals surface area contributed by atoms with E-state index in [1.165, 1.54) is 6.20 Å². The van der Waals surface area contributed by atoms with Crippen molar-refractivity contribution in [1.82, 2.24) is 10.3 Å². The molecule has 2 aromatic heterocycles. The molecular weight excluding hydrogens is 230 g/mol. The quantitative estimate of drug-likeness (QED) is 0.867. The highest BCUT2D eigenvalue weighted by Gasteiger charge is 2.14. The van der Waals surface area contributed by atoms with E-state index < -0.39 is 0 Å². The largest absolute Gasteiger partial charge is 0.464 e. The molecule has 0 aliphatic rings. The van der Waals surface area contributed by atoms with Gasteiger partial charge in [-0.25, -0.2) is 4.98 Å². The minimum absolute atomic E-state index is 0.191. The van der Waals surface area contributed by atoms with Gasteiger partial charge in [-0.1, -0.05) is 0 Å². The number of anilines is 1. The first-order valence-corrected chi connectivity index (χ1v) is 5.65. The number of hydrogen-bond donors (Lipinski definition) is 2. The van der Waals surface area contributed by atoms with E-state index >= 15 is 0 Å². The van der Waals surface area contributed by atoms with Crippen molar-refractivity contribution in [3.63, 3.8) is 0 Å². The third-order valence-corrected chi connectivity index (χ3v) is 2.58. The highest BCUT2D eigenvalue weighted by molar-refractivity contribution is 5.94. The lowest BCUT2D eigenvalue weighted by atomic mass is 10.2. The van der Waals surface area contributed by atoms with E-state index in [1.807, 2.05) is 26.0 Å². The van der Waals surface area contributed by atoms with Gasteiger partial charge in [0.1, 0.15) is 17.3 Å². The molecule has 0 saturated heterocycles. The summed E-state index contributed by atoms with van der Waals surface area (Å²) in [5.41, 5.74) is 5.94. The Morgan fingerprint density at radius 3 is 2.72 bits per heavy atom. The Labute approximate surface area is 105 Å². The third-order valence-electron chi connectivity index (χ3n) is 2.58. The van der Waals surface area contributed by atoms with Crippen LogP contribution in [0.25, 0.3) is 0 Å². The summed E-state index contributed by atoms with van der Waals surface area (Å²) in [4.78, 5) is 15.8. The Bertz CT molecular complexity index is 546. The number of carbonyl (C=O) groups is 1. The maximum atomic E-state index is 11.9. The summed E-state index contributed by atoms with van der Waals surface area (Å²) in [6.07, 6.45) is 1.45. The fraction of sp³-hybridized carbons (Fsp3) is 0.231. The number of carbonyl (C=O) groups excluding carboxylic acids is 1. The van der Waals surface area contributed by atoms with Gasteiger partial charge in [0.05, 0.1) is 11.6 Å². The summed E-state index contributed by atoms with van der Waals surface area (Å²) in [7, 11) is 0. The van der Waals surface area contributed by atoms with E-state index in [0.29, 0.717) is 11.4 Å². The zero-order valence-electron chi connectivity index (χ0n) is 10.3. The van der Waals surface area contributed by atoms with Crippen molar-refractivity contribution in [2.75, 3.05) is 5.73 Å². The van der Waals surface area contributed by atoms with E-state index in [0.717, 1.165) is 11.5 Å². The molecular formula is C13H15N3O2. The molecule has 5 nitrogen and oxygen atoms in total. The van der Waals surface area contributed by atoms with Crippen molar-refractivity contribution in [3.05, 3.63) is 47.5 Å². The number of nitrogens with two attached hydrogens (primary N) is 1. The van der Waals surface area contributed by atoms with Crippen molar-refractivity contribution in [2.45, 2.75) is 19.9 Å². The van der Waals surface area contributed by atoms with E-state index in [1.54, 1.807) is 12.1 Å². The lowest BCUT2D eigenvalue weighted by Gasteiger charge is -2.11. The van der Waals surface area contributed by atoms with Gasteiger partial charge in [-0.05, 0) is 38.1 Å². The molecule has 0 saturated carbocycles. The van der Waals surface area contributed by atoms with E-state index in [2.05, 4.69) is 10.3 Å². The first-order valence-electron chi connectivity index (χ1n) is 5.65. The number of aromatic nitrogens is 1. The number of aryl methyl sites for hydroxylation is 1. The number of nitrogen functional groups attached to an aromatic ring is 1. The number of nitrogens with zero attached hydrogens (tertiary/aromatic N) is 1. The summed E-state index contributed by atoms with van der Waals surface area (Å²) in [6.45, 7) is 3.73. The molecule has 0 aliphatic carbocycles. The first-order chi connectivity index (χ1) is 8.56. The van der Waals surface area contributed by atoms with Crippen LogP contribution in [-0.2, 0) is 0 Å². The minimum atomic E-state index is -0.205. The van der Waals surface area contributed by atoms with Gasteiger partial charge in [0, 0.05) is 6.20 Å². The lowest BCUT2D eigenvalue weighted by Crippen LogP contribution is -2.26. The molecule has 5 heteroatoms. The molecule has 0 fully saturated rings. The standard InChI is InChI=1S/C13H15N3O2/c1-8-3-5-11(18-8)9(2)16-13(17)10-4-6-12(14)15-7-10/h3-7,9H,1-2H3,(H2,14,15)(H,16,17). The number of nitrogens with one attached hydrogen (secondary N) is 1. The van der Waals surface area contributed by atoms with Crippen LogP contribution in [0.15, 0.2) is 34.9 Å². The van der Waals surface area contributed by atoms with Crippen LogP contribution in [0.3, 0.4) is 0 Å². The summed E-state index contributed by atoms with van der Waals surface area (Å²) in [5.74, 6) is 1.73. The van der Waals surface area contributed by atoms with Crippen molar-refractivity contribution < 1.29 is 9.21 Å². The number of pyridine rings is 1. The zero-order valence-corrected chi connectivity index (χ0v) is 10.3. The van der Waals surface area contributed by atoms with Gasteiger partial charge >= 0.3 is 0 Å². The van der Waals surface area contributed by atoms with Crippen molar-refractivity contribution in [1.29, 1.82) is 0 Å². The molecule has 0 spiro atoms. The Morgan fingerprint density at radius 1 is 1.39 bits per heavy atom. The normalized spacial score (nSPS) is 12.1. The van der Waals surface area contributed by atoms with E-state index in [4.69, 9.17) is 10.2 Å². The van der Waals surface area contributed by atoms with Gasteiger partial charge in [-0.15, -0.1) is 0 Å². The van der Waals surface area contributed by atoms with Gasteiger partial charge in [-0.2, -0.15) is 0 Å². The van der Waals surface area contributed by atoms with Crippen LogP contribution >= 0.6 is 0 Å². The van der Waals surface area contributed by atoms with Crippen LogP contribution in [0.4, 0.5) is 5.82 Å². The van der Waals surface area contributed by atoms with Crippen LogP contribution in [0, 0.1) is 6.92 Å². The number of furan rings is 1. The highest BCUT2D eigenvalue weighted by Crippen LogP contribution is 2.16. The maximum Gasteiger partial charge on any atom is 0.253 e. The Kier molecular flexibility index (Phi) is 3.32. The van der Waals surface area contributed by atoms with Gasteiger partial charge in [0.15, 0.2) is 0 Å². The summed E-state index contributed by atoms with van der Waals surface area (Å²) >= 11 is 0. The van der Waals surface area contributed by atoms with Crippen LogP contribution in [0.2, 0.25) is 0 Å². The highest BCUT2D eigenvalue weighted by atomic mass is 16.3. The summed E-state index contributed by atoms with van der Waals surface area (Å²) < 4.78 is 5.45. The molecule has 18 heavy (non-hydrogen) atoms. The fourth-order valence-corrected chi connectivity index (χ4v) is 1.58. The second-order valence-corrected chi connectivity index (χ2v) is 4.12. The molecule has 0 aromatic carbocycles. The average molecular weight is 245 g/mol. The zero-order chi connectivity index (χ0) is 13.1. The van der Waals surface area contributed by atoms with Crippen molar-refractivity contribution in [2.24, 2.45) is 0 Å². The molecule has 0 bridgehead atoms. The minimum Gasteiger partial charge on any atom is -0.464 e. The molecule has 0 aliphatic heterocycles. The van der Waals surface area contributed by atoms with Gasteiger partial charge in [0.2, 0.25) is 0 Å². The Hall–Kier alpha value is -2.30. The van der Waals surface area contributed by atoms with Crippen molar-refractivity contribution >= 4 is 11.7 Å². The Morgan fingerprint density at radius 2 is 2.17 bits per heavy atom. The molecule has 2 rings (SSSR count). The number of hydrogen-bond acceptors (Lipinski definition) is 4. The van der Waals surface area contributed by atoms with E-state index in [9.17, 15) is 4.79 Å². The third kappa shape index (κ3) is 2.68. The van der Waals surface area contributed by atoms with Crippen LogP contribution in [0.5, 0.6) is 0 Å². The fourth-order valence-electron chi connectivity index (χ4n) is 1.58. The van der Waals surface area contributed by atoms with Crippen molar-refractivity contribution in [3.8, 4) is 0 Å². The molecule has 2 aromatic rings. The second kappa shape index (κ2) is 4.91. The predicted octanol–water partition coefficient (Wildman–Crippen LogP) is 2.06. The first kappa shape index (κ1) is 12.2. The maximum absolute atomic E-state index is 11.9. The predicted molar refractivity (Wildman–Crippen MR) is 68.0 cm³/mol. The monoisotopic (exact) mass is 245 g/mol. The van der Waals surface area contributed by atoms with Gasteiger partial charge in [0.25, 0.3) is 5.91 Å². The molecule has 94 valence electrons. The van der Waals surface area contributed by atoms with Gasteiger partial charge in [-0.3, -0.25) is 4.79 Å². The Balaban J connectivity index is 2.05. The van der Waals surface area contributed by atoms with Crippen LogP contribution in [0.1, 0.15) is 34.8 Å². The number of amides is 1.